The molecule has 0 aliphatic rings. The Morgan fingerprint density at radius 2 is 1.29 bits per heavy atom. The molecule has 0 aliphatic carbocycles. The van der Waals surface area contributed by atoms with Gasteiger partial charge in [0, 0.05) is 63.8 Å². The molecule has 0 aromatic carbocycles. The molecule has 1 radical (unpaired) electrons. The molecule has 7 heteroatoms. The second-order valence-electron chi connectivity index (χ2n) is 0. The standard InChI is InChI=1S/2Cd.Cu.Mn.O.S.Zn. The van der Waals surface area contributed by atoms with Crippen LogP contribution in [0.25, 0.3) is 0 Å². The van der Waals surface area contributed by atoms with Crippen LogP contribution in [0, 0.1) is 0 Å². The Kier molecular flexibility index (Phi) is 249. The monoisotopic (exact) mass is 458 g/mol. The van der Waals surface area contributed by atoms with Crippen LogP contribution in [-0.4, -0.2) is 0 Å². The van der Waals surface area contributed by atoms with Gasteiger partial charge in [0.25, 0.3) is 0 Å². The van der Waals surface area contributed by atoms with Crippen molar-refractivity contribution in [2.45, 2.75) is 0 Å². The molecule has 7 heavy (non-hydrogen) atoms. The summed E-state index contributed by atoms with van der Waals surface area (Å²) >= 11 is 2.42. The topological polar surface area (TPSA) is 17.1 Å². The van der Waals surface area contributed by atoms with Crippen molar-refractivity contribution >= 4 is 8.65 Å². The van der Waals surface area contributed by atoms with Crippen molar-refractivity contribution in [3.63, 3.8) is 0 Å². The van der Waals surface area contributed by atoms with E-state index < -0.39 is 0 Å². The predicted molar refractivity (Wildman–Crippen MR) is 8.28 cm³/mol. The zero-order valence-electron chi connectivity index (χ0n) is 3.62. The molecule has 0 aromatic rings. The van der Waals surface area contributed by atoms with Gasteiger partial charge in [-0.2, -0.15) is 0 Å². The van der Waals surface area contributed by atoms with Gasteiger partial charge in [-0.05, 0) is 0 Å². The minimum atomic E-state index is 0. The van der Waals surface area contributed by atoms with E-state index in [4.69, 9.17) is 3.83 Å². The summed E-state index contributed by atoms with van der Waals surface area (Å²) in [4.78, 5) is 0. The average Bonchev–Trinajstić information content (AvgIpc) is 1.50. The van der Waals surface area contributed by atoms with Crippen LogP contribution >= 0.6 is 8.65 Å². The first-order valence-electron chi connectivity index (χ1n) is 0.443. The Labute approximate surface area is 113 Å². The fourth-order valence-electron chi connectivity index (χ4n) is 0. The first-order valence-corrected chi connectivity index (χ1v) is 6.45. The van der Waals surface area contributed by atoms with Gasteiger partial charge in [-0.25, -0.2) is 0 Å². The molecule has 0 saturated carbocycles. The van der Waals surface area contributed by atoms with Crippen molar-refractivity contribution in [1.29, 1.82) is 0 Å². The molecule has 36 valence electrons. The molecule has 0 saturated heterocycles. The van der Waals surface area contributed by atoms with Crippen LogP contribution in [0.4, 0.5) is 0 Å². The third kappa shape index (κ3) is 43.4. The van der Waals surface area contributed by atoms with Crippen LogP contribution in [-0.2, 0) is 107 Å². The van der Waals surface area contributed by atoms with E-state index in [1.165, 1.54) is 0 Å². The fraction of sp³-hybridized carbons (Fsp3) is 0. The van der Waals surface area contributed by atoms with Crippen LogP contribution in [0.3, 0.4) is 0 Å². The SMILES string of the molecule is [Cd].[Cu].[O]=[Mn].[S]=[Cd].[Zn]. The van der Waals surface area contributed by atoms with Crippen LogP contribution in [0.2, 0.25) is 0 Å². The Morgan fingerprint density at radius 1 is 1.29 bits per heavy atom. The molecular weight excluding hydrogens is 457 g/mol. The maximum absolute atomic E-state index is 8.06. The average molecular weight is 457 g/mol. The van der Waals surface area contributed by atoms with Gasteiger partial charge < -0.3 is 0 Å². The summed E-state index contributed by atoms with van der Waals surface area (Å²) in [5, 5.41) is 0. The van der Waals surface area contributed by atoms with Crippen molar-refractivity contribution in [2.24, 2.45) is 0 Å². The molecule has 0 rings (SSSR count). The molecule has 0 amide bonds. The Bertz CT molecular complexity index is 19.7. The van der Waals surface area contributed by atoms with Gasteiger partial charge in [0.15, 0.2) is 0 Å². The summed E-state index contributed by atoms with van der Waals surface area (Å²) in [7, 11) is 4.25. The summed E-state index contributed by atoms with van der Waals surface area (Å²) in [5.41, 5.74) is 0. The minimum absolute atomic E-state index is 0. The second-order valence-corrected chi connectivity index (χ2v) is 0. The molecular formula is Cd2CuMnOSZn. The quantitative estimate of drug-likeness (QED) is 0.495. The molecule has 0 spiro atoms. The van der Waals surface area contributed by atoms with Gasteiger partial charge in [-0.1, -0.05) is 0 Å². The van der Waals surface area contributed by atoms with E-state index in [1.807, 2.05) is 0 Å². The molecule has 0 heterocycles. The second kappa shape index (κ2) is 55.7. The number of rotatable bonds is 0. The first-order chi connectivity index (χ1) is 2.00. The van der Waals surface area contributed by atoms with E-state index in [2.05, 4.69) is 8.65 Å². The molecule has 0 unspecified atom stereocenters. The molecule has 0 aliphatic heterocycles. The third-order valence-electron chi connectivity index (χ3n) is 0. The van der Waals surface area contributed by atoms with Gasteiger partial charge >= 0.3 is 52.1 Å². The van der Waals surface area contributed by atoms with Crippen LogP contribution in [0.1, 0.15) is 0 Å². The maximum Gasteiger partial charge on any atom is 0 e. The molecule has 1 nitrogen and oxygen atoms in total. The van der Waals surface area contributed by atoms with Gasteiger partial charge in [-0.3, -0.25) is 0 Å². The van der Waals surface area contributed by atoms with Crippen LogP contribution < -0.4 is 0 Å². The minimum Gasteiger partial charge on any atom is 0 e. The molecule has 0 bridgehead atoms. The summed E-state index contributed by atoms with van der Waals surface area (Å²) in [5.74, 6) is 0. The Balaban J connectivity index is -0.00000000267. The summed E-state index contributed by atoms with van der Waals surface area (Å²) in [6.07, 6.45) is 0. The number of hydrogen-bond donors (Lipinski definition) is 0. The summed E-state index contributed by atoms with van der Waals surface area (Å²) < 4.78 is 8.06. The molecule has 0 fully saturated rings. The Hall–Kier alpha value is 3.53. The number of hydrogen-bond acceptors (Lipinski definition) is 2. The first kappa shape index (κ1) is 31.3. The normalized spacial score (nSPS) is 1.43. The zero-order chi connectivity index (χ0) is 4.00. The third-order valence-corrected chi connectivity index (χ3v) is 0. The van der Waals surface area contributed by atoms with Gasteiger partial charge in [0.2, 0.25) is 0 Å². The predicted octanol–water partition coefficient (Wildman–Crippen LogP) is 0.517. The zero-order valence-corrected chi connectivity index (χ0v) is 17.6. The van der Waals surface area contributed by atoms with Gasteiger partial charge in [0.1, 0.15) is 0 Å². The van der Waals surface area contributed by atoms with E-state index in [9.17, 15) is 0 Å². The van der Waals surface area contributed by atoms with Gasteiger partial charge in [-0.15, -0.1) is 0 Å². The molecule has 0 atom stereocenters. The summed E-state index contributed by atoms with van der Waals surface area (Å²) in [6, 6.07) is 0. The van der Waals surface area contributed by atoms with Crippen molar-refractivity contribution < 1.29 is 107 Å². The van der Waals surface area contributed by atoms with Gasteiger partial charge in [0.05, 0.1) is 0 Å². The van der Waals surface area contributed by atoms with Crippen molar-refractivity contribution in [3.8, 4) is 0 Å². The van der Waals surface area contributed by atoms with E-state index in [0.29, 0.717) is 0 Å². The molecule has 0 N–H and O–H groups in total. The van der Waals surface area contributed by atoms with Crippen molar-refractivity contribution in [1.82, 2.24) is 0 Å². The van der Waals surface area contributed by atoms with E-state index in [1.54, 1.807) is 15.9 Å². The summed E-state index contributed by atoms with van der Waals surface area (Å²) in [6.45, 7) is 0. The largest absolute Gasteiger partial charge is 0 e. The van der Waals surface area contributed by atoms with Crippen LogP contribution in [0.5, 0.6) is 0 Å². The van der Waals surface area contributed by atoms with E-state index in [0.717, 1.165) is 23.7 Å². The molecule has 0 aromatic heterocycles. The van der Waals surface area contributed by atoms with E-state index in [-0.39, 0.29) is 63.8 Å². The maximum atomic E-state index is 8.06. The fourth-order valence-corrected chi connectivity index (χ4v) is 0. The smallest absolute Gasteiger partial charge is 0 e. The van der Waals surface area contributed by atoms with Crippen molar-refractivity contribution in [2.75, 3.05) is 0 Å². The Morgan fingerprint density at radius 3 is 1.29 bits per heavy atom. The van der Waals surface area contributed by atoms with Crippen molar-refractivity contribution in [3.05, 3.63) is 0 Å². The van der Waals surface area contributed by atoms with E-state index >= 15 is 0 Å². The van der Waals surface area contributed by atoms with Crippen LogP contribution in [0.15, 0.2) is 0 Å².